The third kappa shape index (κ3) is 8.74. The molecule has 0 bridgehead atoms. The third-order valence-electron chi connectivity index (χ3n) is 1.96. The minimum Gasteiger partial charge on any atom is -0.328 e. The van der Waals surface area contributed by atoms with Gasteiger partial charge in [-0.1, -0.05) is 0 Å². The van der Waals surface area contributed by atoms with Crippen molar-refractivity contribution in [2.45, 2.75) is 25.7 Å². The van der Waals surface area contributed by atoms with Gasteiger partial charge in [-0.15, -0.1) is 10.1 Å². The van der Waals surface area contributed by atoms with E-state index in [0.717, 1.165) is 19.4 Å². The smallest absolute Gasteiger partial charge is 0.291 e. The molecule has 0 aromatic rings. The van der Waals surface area contributed by atoms with E-state index in [9.17, 15) is 0 Å². The van der Waals surface area contributed by atoms with Crippen LogP contribution in [0.15, 0.2) is 0 Å². The number of rotatable bonds is 3. The van der Waals surface area contributed by atoms with Gasteiger partial charge in [0.05, 0.1) is 6.07 Å². The normalized spacial score (nSPS) is 15.4. The molecule has 0 saturated carbocycles. The zero-order valence-corrected chi connectivity index (χ0v) is 8.06. The van der Waals surface area contributed by atoms with E-state index >= 15 is 0 Å². The molecule has 0 aromatic heterocycles. The number of hydrogen-bond donors (Lipinski definition) is 1. The van der Waals surface area contributed by atoms with Crippen LogP contribution in [0.1, 0.15) is 25.7 Å². The van der Waals surface area contributed by atoms with Crippen molar-refractivity contribution in [1.29, 1.82) is 5.26 Å². The van der Waals surface area contributed by atoms with Gasteiger partial charge in [-0.25, -0.2) is 0 Å². The topological polar surface area (TPSA) is 90.4 Å². The lowest BCUT2D eigenvalue weighted by atomic mass is 10.3. The van der Waals surface area contributed by atoms with Gasteiger partial charge >= 0.3 is 0 Å². The highest BCUT2D eigenvalue weighted by Crippen LogP contribution is 2.07. The Morgan fingerprint density at radius 1 is 1.50 bits per heavy atom. The van der Waals surface area contributed by atoms with Crippen LogP contribution in [0, 0.1) is 21.4 Å². The highest BCUT2D eigenvalue weighted by molar-refractivity contribution is 4.72. The van der Waals surface area contributed by atoms with E-state index in [1.807, 2.05) is 0 Å². The Morgan fingerprint density at radius 3 is 2.43 bits per heavy atom. The average Bonchev–Trinajstić information content (AvgIpc) is 2.56. The molecule has 1 N–H and O–H groups in total. The first-order valence-corrected chi connectivity index (χ1v) is 4.59. The highest BCUT2D eigenvalue weighted by atomic mass is 16.9. The maximum atomic E-state index is 8.36. The van der Waals surface area contributed by atoms with Crippen LogP contribution in [-0.2, 0) is 0 Å². The van der Waals surface area contributed by atoms with Gasteiger partial charge in [-0.05, 0) is 38.9 Å². The van der Waals surface area contributed by atoms with Gasteiger partial charge in [0, 0.05) is 6.42 Å². The van der Waals surface area contributed by atoms with E-state index in [-0.39, 0.29) is 0 Å². The Balaban J connectivity index is 0.000000364. The fourth-order valence-corrected chi connectivity index (χ4v) is 1.39. The number of nitriles is 1. The van der Waals surface area contributed by atoms with Crippen molar-refractivity contribution in [2.24, 2.45) is 0 Å². The lowest BCUT2D eigenvalue weighted by molar-refractivity contribution is -0.742. The molecule has 14 heavy (non-hydrogen) atoms. The second-order valence-corrected chi connectivity index (χ2v) is 3.05. The first-order valence-electron chi connectivity index (χ1n) is 4.59. The van der Waals surface area contributed by atoms with Crippen LogP contribution in [0.4, 0.5) is 0 Å². The summed E-state index contributed by atoms with van der Waals surface area (Å²) in [5.74, 6) is 0. The molecule has 1 rings (SSSR count). The van der Waals surface area contributed by atoms with E-state index < -0.39 is 5.09 Å². The molecule has 0 unspecified atom stereocenters. The van der Waals surface area contributed by atoms with Gasteiger partial charge in [0.2, 0.25) is 0 Å². The lowest BCUT2D eigenvalue weighted by Crippen LogP contribution is -2.19. The molecule has 1 saturated heterocycles. The van der Waals surface area contributed by atoms with Crippen molar-refractivity contribution in [1.82, 2.24) is 4.90 Å². The fraction of sp³-hybridized carbons (Fsp3) is 0.875. The van der Waals surface area contributed by atoms with Gasteiger partial charge < -0.3 is 10.1 Å². The molecule has 0 radical (unpaired) electrons. The molecule has 0 aliphatic carbocycles. The zero-order valence-electron chi connectivity index (χ0n) is 8.06. The maximum absolute atomic E-state index is 8.36. The molecule has 80 valence electrons. The Morgan fingerprint density at radius 2 is 2.00 bits per heavy atom. The van der Waals surface area contributed by atoms with E-state index in [4.69, 9.17) is 20.6 Å². The van der Waals surface area contributed by atoms with E-state index in [2.05, 4.69) is 11.0 Å². The summed E-state index contributed by atoms with van der Waals surface area (Å²) in [6.07, 6.45) is 4.48. The van der Waals surface area contributed by atoms with Crippen molar-refractivity contribution in [3.05, 3.63) is 10.1 Å². The quantitative estimate of drug-likeness (QED) is 0.418. The summed E-state index contributed by atoms with van der Waals surface area (Å²) >= 11 is 0. The summed E-state index contributed by atoms with van der Waals surface area (Å²) in [6.45, 7) is 3.64. The Kier molecular flexibility index (Phi) is 7.46. The molecule has 6 nitrogen and oxygen atoms in total. The minimum absolute atomic E-state index is 0.719. The van der Waals surface area contributed by atoms with Gasteiger partial charge in [-0.3, -0.25) is 0 Å². The van der Waals surface area contributed by atoms with Crippen molar-refractivity contribution >= 4 is 0 Å². The molecule has 1 aliphatic heterocycles. The van der Waals surface area contributed by atoms with Crippen LogP contribution in [-0.4, -0.2) is 34.8 Å². The Labute approximate surface area is 82.8 Å². The molecule has 1 aliphatic rings. The second kappa shape index (κ2) is 8.26. The zero-order chi connectivity index (χ0) is 10.8. The SMILES string of the molecule is N#CCCCN1CCCC1.O=[N+]([O-])O. The van der Waals surface area contributed by atoms with Crippen LogP contribution in [0.5, 0.6) is 0 Å². The van der Waals surface area contributed by atoms with E-state index in [1.54, 1.807) is 0 Å². The fourth-order valence-electron chi connectivity index (χ4n) is 1.39. The summed E-state index contributed by atoms with van der Waals surface area (Å²) in [7, 11) is 0. The predicted octanol–water partition coefficient (Wildman–Crippen LogP) is 1.04. The molecule has 0 spiro atoms. The summed E-state index contributed by atoms with van der Waals surface area (Å²) in [4.78, 5) is 10.8. The largest absolute Gasteiger partial charge is 0.328 e. The van der Waals surface area contributed by atoms with Gasteiger partial charge in [0.15, 0.2) is 0 Å². The first-order chi connectivity index (χ1) is 6.66. The van der Waals surface area contributed by atoms with Crippen LogP contribution in [0.25, 0.3) is 0 Å². The molecule has 0 atom stereocenters. The lowest BCUT2D eigenvalue weighted by Gasteiger charge is -2.11. The highest BCUT2D eigenvalue weighted by Gasteiger charge is 2.09. The van der Waals surface area contributed by atoms with Crippen LogP contribution >= 0.6 is 0 Å². The summed E-state index contributed by atoms with van der Waals surface area (Å²) < 4.78 is 0. The molecule has 0 aromatic carbocycles. The predicted molar refractivity (Wildman–Crippen MR) is 49.3 cm³/mol. The minimum atomic E-state index is -1.50. The average molecular weight is 201 g/mol. The first kappa shape index (κ1) is 12.7. The molecule has 1 heterocycles. The molecular formula is C8H15N3O3. The molecule has 6 heteroatoms. The van der Waals surface area contributed by atoms with Crippen LogP contribution < -0.4 is 0 Å². The number of unbranched alkanes of at least 4 members (excludes halogenated alkanes) is 1. The number of likely N-dealkylation sites (tertiary alicyclic amines) is 1. The third-order valence-corrected chi connectivity index (χ3v) is 1.96. The van der Waals surface area contributed by atoms with Crippen LogP contribution in [0.2, 0.25) is 0 Å². The van der Waals surface area contributed by atoms with Crippen molar-refractivity contribution in [3.8, 4) is 6.07 Å². The van der Waals surface area contributed by atoms with Gasteiger partial charge in [0.1, 0.15) is 0 Å². The van der Waals surface area contributed by atoms with Gasteiger partial charge in [0.25, 0.3) is 5.09 Å². The molecular weight excluding hydrogens is 186 g/mol. The number of nitrogens with zero attached hydrogens (tertiary/aromatic N) is 3. The summed E-state index contributed by atoms with van der Waals surface area (Å²) in [5, 5.41) is 21.9. The van der Waals surface area contributed by atoms with Crippen molar-refractivity contribution in [2.75, 3.05) is 19.6 Å². The molecule has 0 amide bonds. The van der Waals surface area contributed by atoms with Crippen LogP contribution in [0.3, 0.4) is 0 Å². The summed E-state index contributed by atoms with van der Waals surface area (Å²) in [6, 6.07) is 2.16. The Hall–Kier alpha value is -1.35. The van der Waals surface area contributed by atoms with E-state index in [1.165, 1.54) is 25.9 Å². The number of hydrogen-bond acceptors (Lipinski definition) is 4. The molecule has 1 fully saturated rings. The maximum Gasteiger partial charge on any atom is 0.291 e. The van der Waals surface area contributed by atoms with Crippen molar-refractivity contribution in [3.63, 3.8) is 0 Å². The second-order valence-electron chi connectivity index (χ2n) is 3.05. The van der Waals surface area contributed by atoms with Crippen molar-refractivity contribution < 1.29 is 10.3 Å². The monoisotopic (exact) mass is 201 g/mol. The standard InChI is InChI=1S/C8H14N2.HNO3/c9-5-1-2-6-10-7-3-4-8-10;2-1(3)4/h1-4,6-8H2;(H,2,3,4). The Bertz CT molecular complexity index is 192. The van der Waals surface area contributed by atoms with E-state index in [0.29, 0.717) is 0 Å². The summed E-state index contributed by atoms with van der Waals surface area (Å²) in [5.41, 5.74) is 0. The van der Waals surface area contributed by atoms with Gasteiger partial charge in [-0.2, -0.15) is 5.26 Å².